The van der Waals surface area contributed by atoms with Crippen LogP contribution < -0.4 is 0 Å². The maximum Gasteiger partial charge on any atom is 0.313 e. The minimum absolute atomic E-state index is 0.128. The van der Waals surface area contributed by atoms with Crippen LogP contribution in [0.15, 0.2) is 12.1 Å². The molecule has 1 aromatic heterocycles. The number of unbranched alkanes of at least 4 members (excludes halogenated alkanes) is 8. The fourth-order valence-electron chi connectivity index (χ4n) is 2.72. The normalized spacial score (nSPS) is 10.8. The average molecular weight is 478 g/mol. The van der Waals surface area contributed by atoms with Crippen molar-refractivity contribution < 1.29 is 14.3 Å². The molecule has 0 amide bonds. The number of carbonyl (C=O) groups excluding carboxylic acids is 2. The minimum Gasteiger partial charge on any atom is -0.466 e. The van der Waals surface area contributed by atoms with Gasteiger partial charge in [-0.25, -0.2) is 0 Å². The lowest BCUT2D eigenvalue weighted by Crippen LogP contribution is -2.10. The molecule has 1 aromatic rings. The highest BCUT2D eigenvalue weighted by molar-refractivity contribution is 14.1. The van der Waals surface area contributed by atoms with E-state index in [0.717, 1.165) is 6.42 Å². The SMILES string of the molecule is CCOC(=O)CC(=O)c1ccc(CCCCCCCCCCCI)s1. The predicted octanol–water partition coefficient (Wildman–Crippen LogP) is 6.37. The molecule has 0 N–H and O–H groups in total. The van der Waals surface area contributed by atoms with E-state index in [-0.39, 0.29) is 12.2 Å². The Kier molecular flexibility index (Phi) is 13.3. The molecule has 3 nitrogen and oxygen atoms in total. The molecule has 0 spiro atoms. The van der Waals surface area contributed by atoms with Crippen molar-refractivity contribution in [3.8, 4) is 0 Å². The molecule has 0 fully saturated rings. The Morgan fingerprint density at radius 2 is 1.56 bits per heavy atom. The second kappa shape index (κ2) is 14.7. The highest BCUT2D eigenvalue weighted by Crippen LogP contribution is 2.21. The fraction of sp³-hybridized carbons (Fsp3) is 0.700. The van der Waals surface area contributed by atoms with Gasteiger partial charge in [-0.05, 0) is 42.7 Å². The Morgan fingerprint density at radius 3 is 2.16 bits per heavy atom. The minimum atomic E-state index is -0.434. The van der Waals surface area contributed by atoms with E-state index in [1.165, 1.54) is 78.4 Å². The quantitative estimate of drug-likeness (QED) is 0.0735. The molecule has 0 aromatic carbocycles. The Morgan fingerprint density at radius 1 is 0.960 bits per heavy atom. The molecule has 0 saturated carbocycles. The first-order valence-corrected chi connectivity index (χ1v) is 11.8. The van der Waals surface area contributed by atoms with Crippen LogP contribution in [0.3, 0.4) is 0 Å². The summed E-state index contributed by atoms with van der Waals surface area (Å²) in [6, 6.07) is 3.87. The van der Waals surface area contributed by atoms with Gasteiger partial charge < -0.3 is 4.74 Å². The Labute approximate surface area is 170 Å². The van der Waals surface area contributed by atoms with Crippen LogP contribution in [0.1, 0.15) is 85.7 Å². The van der Waals surface area contributed by atoms with Gasteiger partial charge in [-0.3, -0.25) is 9.59 Å². The molecule has 1 heterocycles. The van der Waals surface area contributed by atoms with Gasteiger partial charge >= 0.3 is 5.97 Å². The van der Waals surface area contributed by atoms with Crippen LogP contribution in [0.25, 0.3) is 0 Å². The zero-order valence-corrected chi connectivity index (χ0v) is 18.3. The van der Waals surface area contributed by atoms with Crippen LogP contribution in [0.5, 0.6) is 0 Å². The summed E-state index contributed by atoms with van der Waals surface area (Å²) < 4.78 is 6.11. The second-order valence-corrected chi connectivity index (χ2v) is 8.54. The second-order valence-electron chi connectivity index (χ2n) is 6.29. The summed E-state index contributed by atoms with van der Waals surface area (Å²) >= 11 is 3.97. The van der Waals surface area contributed by atoms with Crippen LogP contribution in [0.2, 0.25) is 0 Å². The van der Waals surface area contributed by atoms with Crippen molar-refractivity contribution in [3.05, 3.63) is 21.9 Å². The molecule has 25 heavy (non-hydrogen) atoms. The van der Waals surface area contributed by atoms with Gasteiger partial charge in [0.1, 0.15) is 6.42 Å². The summed E-state index contributed by atoms with van der Waals surface area (Å²) in [6.45, 7) is 2.07. The highest BCUT2D eigenvalue weighted by Gasteiger charge is 2.14. The lowest BCUT2D eigenvalue weighted by atomic mass is 10.1. The van der Waals surface area contributed by atoms with E-state index in [1.54, 1.807) is 6.92 Å². The van der Waals surface area contributed by atoms with Gasteiger partial charge in [-0.15, -0.1) is 11.3 Å². The summed E-state index contributed by atoms with van der Waals surface area (Å²) in [5, 5.41) is 0. The molecule has 0 atom stereocenters. The Balaban J connectivity index is 2.09. The van der Waals surface area contributed by atoms with Crippen molar-refractivity contribution >= 4 is 45.7 Å². The van der Waals surface area contributed by atoms with Gasteiger partial charge in [0.15, 0.2) is 5.78 Å². The van der Waals surface area contributed by atoms with Gasteiger partial charge in [0, 0.05) is 4.88 Å². The van der Waals surface area contributed by atoms with E-state index in [9.17, 15) is 9.59 Å². The first-order chi connectivity index (χ1) is 12.2. The topological polar surface area (TPSA) is 43.4 Å². The van der Waals surface area contributed by atoms with Crippen molar-refractivity contribution in [1.29, 1.82) is 0 Å². The first-order valence-electron chi connectivity index (χ1n) is 9.51. The van der Waals surface area contributed by atoms with Crippen molar-refractivity contribution in [2.24, 2.45) is 0 Å². The number of esters is 1. The van der Waals surface area contributed by atoms with Gasteiger partial charge in [-0.1, -0.05) is 67.5 Å². The Hall–Kier alpha value is -0.430. The number of thiophene rings is 1. The predicted molar refractivity (Wildman–Crippen MR) is 114 cm³/mol. The maximum absolute atomic E-state index is 12.0. The number of aryl methyl sites for hydroxylation is 1. The van der Waals surface area contributed by atoms with Crippen molar-refractivity contribution in [2.75, 3.05) is 11.0 Å². The summed E-state index contributed by atoms with van der Waals surface area (Å²) in [7, 11) is 0. The van der Waals surface area contributed by atoms with Crippen LogP contribution in [0, 0.1) is 0 Å². The Bertz CT molecular complexity index is 499. The molecule has 0 radical (unpaired) electrons. The number of halogens is 1. The van der Waals surface area contributed by atoms with Crippen LogP contribution in [-0.2, 0) is 16.0 Å². The lowest BCUT2D eigenvalue weighted by Gasteiger charge is -2.02. The number of alkyl halides is 1. The third kappa shape index (κ3) is 11.0. The summed E-state index contributed by atoms with van der Waals surface area (Å²) in [5.74, 6) is -0.561. The summed E-state index contributed by atoms with van der Waals surface area (Å²) in [4.78, 5) is 25.3. The number of carbonyl (C=O) groups is 2. The van der Waals surface area contributed by atoms with Gasteiger partial charge in [-0.2, -0.15) is 0 Å². The largest absolute Gasteiger partial charge is 0.466 e. The van der Waals surface area contributed by atoms with Gasteiger partial charge in [0.2, 0.25) is 0 Å². The molecular formula is C20H31IO3S. The molecule has 5 heteroatoms. The molecule has 0 bridgehead atoms. The van der Waals surface area contributed by atoms with Crippen LogP contribution in [-0.4, -0.2) is 22.8 Å². The number of Topliss-reactive ketones (excluding diaryl/α,β-unsaturated/α-hetero) is 1. The van der Waals surface area contributed by atoms with E-state index in [1.807, 2.05) is 12.1 Å². The fourth-order valence-corrected chi connectivity index (χ4v) is 4.25. The first kappa shape index (κ1) is 22.6. The highest BCUT2D eigenvalue weighted by atomic mass is 127. The van der Waals surface area contributed by atoms with E-state index < -0.39 is 5.97 Å². The van der Waals surface area contributed by atoms with E-state index in [2.05, 4.69) is 22.6 Å². The number of ketones is 1. The van der Waals surface area contributed by atoms with Gasteiger partial charge in [0.25, 0.3) is 0 Å². The third-order valence-electron chi connectivity index (χ3n) is 4.10. The monoisotopic (exact) mass is 478 g/mol. The average Bonchev–Trinajstić information content (AvgIpc) is 3.06. The maximum atomic E-state index is 12.0. The zero-order valence-electron chi connectivity index (χ0n) is 15.4. The smallest absolute Gasteiger partial charge is 0.313 e. The molecule has 1 rings (SSSR count). The van der Waals surface area contributed by atoms with Crippen molar-refractivity contribution in [2.45, 2.75) is 77.6 Å². The summed E-state index contributed by atoms with van der Waals surface area (Å²) in [6.07, 6.45) is 12.9. The zero-order chi connectivity index (χ0) is 18.3. The van der Waals surface area contributed by atoms with Crippen molar-refractivity contribution in [1.82, 2.24) is 0 Å². The van der Waals surface area contributed by atoms with E-state index in [4.69, 9.17) is 4.74 Å². The standard InChI is InChI=1S/C20H31IO3S/c1-2-24-20(23)16-18(22)19-14-13-17(25-19)12-10-8-6-4-3-5-7-9-11-15-21/h13-14H,2-12,15-16H2,1H3. The molecular weight excluding hydrogens is 447 g/mol. The van der Waals surface area contributed by atoms with E-state index >= 15 is 0 Å². The number of ether oxygens (including phenoxy) is 1. The molecule has 0 saturated heterocycles. The molecule has 142 valence electrons. The third-order valence-corrected chi connectivity index (χ3v) is 6.05. The molecule has 0 aliphatic rings. The van der Waals surface area contributed by atoms with Crippen LogP contribution >= 0.6 is 33.9 Å². The van der Waals surface area contributed by atoms with Gasteiger partial charge in [0.05, 0.1) is 11.5 Å². The van der Waals surface area contributed by atoms with Crippen LogP contribution in [0.4, 0.5) is 0 Å². The van der Waals surface area contributed by atoms with E-state index in [0.29, 0.717) is 11.5 Å². The molecule has 0 unspecified atom stereocenters. The summed E-state index contributed by atoms with van der Waals surface area (Å²) in [5.41, 5.74) is 0. The molecule has 0 aliphatic carbocycles. The number of hydrogen-bond donors (Lipinski definition) is 0. The molecule has 0 aliphatic heterocycles. The number of rotatable bonds is 15. The van der Waals surface area contributed by atoms with Crippen molar-refractivity contribution in [3.63, 3.8) is 0 Å². The number of hydrogen-bond acceptors (Lipinski definition) is 4. The lowest BCUT2D eigenvalue weighted by molar-refractivity contribution is -0.141.